The lowest BCUT2D eigenvalue weighted by atomic mass is 10.1. The molecule has 1 aromatic heterocycles. The zero-order valence-electron chi connectivity index (χ0n) is 6.03. The third-order valence-electron chi connectivity index (χ3n) is 2.06. The fourth-order valence-corrected chi connectivity index (χ4v) is 1.71. The molecule has 0 saturated heterocycles. The van der Waals surface area contributed by atoms with Gasteiger partial charge in [-0.2, -0.15) is 0 Å². The first kappa shape index (κ1) is 6.79. The van der Waals surface area contributed by atoms with E-state index in [1.165, 1.54) is 0 Å². The fraction of sp³-hybridized carbons (Fsp3) is 0.429. The number of nitrogens with two attached hydrogens (primary N) is 1. The van der Waals surface area contributed by atoms with Crippen LogP contribution in [0, 0.1) is 0 Å². The number of rotatable bonds is 1. The Morgan fingerprint density at radius 2 is 2.64 bits per heavy atom. The van der Waals surface area contributed by atoms with Crippen molar-refractivity contribution in [2.75, 3.05) is 0 Å². The third-order valence-corrected chi connectivity index (χ3v) is 2.35. The van der Waals surface area contributed by atoms with Crippen molar-refractivity contribution in [1.82, 2.24) is 9.55 Å². The van der Waals surface area contributed by atoms with Crippen molar-refractivity contribution in [2.24, 2.45) is 5.73 Å². The van der Waals surface area contributed by atoms with Crippen LogP contribution >= 0.6 is 12.2 Å². The van der Waals surface area contributed by atoms with Gasteiger partial charge in [-0.3, -0.25) is 0 Å². The maximum atomic E-state index is 5.55. The maximum absolute atomic E-state index is 5.55. The van der Waals surface area contributed by atoms with Crippen LogP contribution in [-0.2, 0) is 6.54 Å². The van der Waals surface area contributed by atoms with Crippen LogP contribution < -0.4 is 5.73 Å². The molecule has 0 aliphatic carbocycles. The number of hydrogen-bond acceptors (Lipinski definition) is 2. The summed E-state index contributed by atoms with van der Waals surface area (Å²) in [6, 6.07) is 0. The van der Waals surface area contributed by atoms with E-state index >= 15 is 0 Å². The van der Waals surface area contributed by atoms with Gasteiger partial charge in [0.05, 0.1) is 10.9 Å². The zero-order valence-corrected chi connectivity index (χ0v) is 6.84. The van der Waals surface area contributed by atoms with Gasteiger partial charge >= 0.3 is 0 Å². The molecular weight excluding hydrogens is 158 g/mol. The number of fused-ring (bicyclic) bond motifs is 1. The zero-order chi connectivity index (χ0) is 7.84. The largest absolute Gasteiger partial charge is 0.393 e. The average Bonchev–Trinajstić information content (AvgIpc) is 2.41. The van der Waals surface area contributed by atoms with E-state index in [0.29, 0.717) is 4.99 Å². The van der Waals surface area contributed by atoms with Crippen molar-refractivity contribution in [3.05, 3.63) is 18.2 Å². The summed E-state index contributed by atoms with van der Waals surface area (Å²) in [4.78, 5) is 4.76. The van der Waals surface area contributed by atoms with Crippen molar-refractivity contribution < 1.29 is 0 Å². The maximum Gasteiger partial charge on any atom is 0.118 e. The van der Waals surface area contributed by atoms with E-state index in [4.69, 9.17) is 18.0 Å². The molecule has 0 aromatic carbocycles. The molecule has 58 valence electrons. The molecule has 2 heterocycles. The molecule has 0 amide bonds. The molecule has 0 saturated carbocycles. The highest BCUT2D eigenvalue weighted by Gasteiger charge is 2.25. The van der Waals surface area contributed by atoms with Crippen molar-refractivity contribution in [3.63, 3.8) is 0 Å². The highest BCUT2D eigenvalue weighted by atomic mass is 32.1. The number of nitrogens with zero attached hydrogens (tertiary/aromatic N) is 2. The van der Waals surface area contributed by atoms with Gasteiger partial charge in [-0.15, -0.1) is 0 Å². The predicted molar refractivity (Wildman–Crippen MR) is 46.4 cm³/mol. The fourth-order valence-electron chi connectivity index (χ4n) is 1.49. The van der Waals surface area contributed by atoms with Gasteiger partial charge in [-0.1, -0.05) is 12.2 Å². The molecule has 0 radical (unpaired) electrons. The second kappa shape index (κ2) is 2.30. The Labute approximate surface area is 70.2 Å². The molecule has 3 nitrogen and oxygen atoms in total. The van der Waals surface area contributed by atoms with E-state index in [0.717, 1.165) is 18.8 Å². The van der Waals surface area contributed by atoms with Gasteiger partial charge in [0, 0.05) is 18.9 Å². The lowest BCUT2D eigenvalue weighted by Gasteiger charge is -2.03. The molecule has 1 aliphatic rings. The summed E-state index contributed by atoms with van der Waals surface area (Å²) in [6.07, 6.45) is 4.77. The molecule has 1 aliphatic heterocycles. The molecule has 2 rings (SSSR count). The monoisotopic (exact) mass is 167 g/mol. The summed E-state index contributed by atoms with van der Waals surface area (Å²) in [6.45, 7) is 0.997. The average molecular weight is 167 g/mol. The van der Waals surface area contributed by atoms with Crippen molar-refractivity contribution >= 4 is 17.2 Å². The second-order valence-corrected chi connectivity index (χ2v) is 3.19. The number of thiocarbonyl (C=S) groups is 1. The molecule has 2 N–H and O–H groups in total. The van der Waals surface area contributed by atoms with Gasteiger partial charge in [0.25, 0.3) is 0 Å². The molecular formula is C7H9N3S. The summed E-state index contributed by atoms with van der Waals surface area (Å²) in [5.74, 6) is 1.23. The quantitative estimate of drug-likeness (QED) is 0.625. The van der Waals surface area contributed by atoms with Crippen LogP contribution in [0.5, 0.6) is 0 Å². The summed E-state index contributed by atoms with van der Waals surface area (Å²) in [5, 5.41) is 0. The Hall–Kier alpha value is -0.900. The minimum atomic E-state index is 0.208. The van der Waals surface area contributed by atoms with Gasteiger partial charge in [-0.25, -0.2) is 4.98 Å². The Bertz CT molecular complexity index is 292. The predicted octanol–water partition coefficient (Wildman–Crippen LogP) is 0.657. The van der Waals surface area contributed by atoms with Crippen LogP contribution in [0.15, 0.2) is 12.4 Å². The van der Waals surface area contributed by atoms with Crippen LogP contribution in [0.2, 0.25) is 0 Å². The van der Waals surface area contributed by atoms with Crippen molar-refractivity contribution in [2.45, 2.75) is 18.9 Å². The number of aryl methyl sites for hydroxylation is 1. The van der Waals surface area contributed by atoms with Crippen LogP contribution in [0.3, 0.4) is 0 Å². The summed E-state index contributed by atoms with van der Waals surface area (Å²) < 4.78 is 2.10. The molecule has 0 fully saturated rings. The lowest BCUT2D eigenvalue weighted by Crippen LogP contribution is -2.17. The normalized spacial score (nSPS) is 21.6. The first-order valence-electron chi connectivity index (χ1n) is 3.59. The standard InChI is InChI=1S/C7H9N3S/c8-6(11)5-1-3-10-4-2-9-7(5)10/h2,4-5H,1,3H2,(H2,8,11)/t5-/m1/s1. The van der Waals surface area contributed by atoms with Crippen molar-refractivity contribution in [1.29, 1.82) is 0 Å². The lowest BCUT2D eigenvalue weighted by molar-refractivity contribution is 0.739. The number of hydrogen-bond donors (Lipinski definition) is 1. The molecule has 0 spiro atoms. The highest BCUT2D eigenvalue weighted by Crippen LogP contribution is 2.25. The molecule has 4 heteroatoms. The number of imidazole rings is 1. The Balaban J connectivity index is 2.38. The molecule has 1 aromatic rings. The van der Waals surface area contributed by atoms with Crippen LogP contribution in [0.4, 0.5) is 0 Å². The summed E-state index contributed by atoms with van der Waals surface area (Å²) in [5.41, 5.74) is 5.55. The van der Waals surface area contributed by atoms with E-state index in [1.807, 2.05) is 6.20 Å². The second-order valence-electron chi connectivity index (χ2n) is 2.72. The van der Waals surface area contributed by atoms with E-state index < -0.39 is 0 Å². The van der Waals surface area contributed by atoms with Gasteiger partial charge in [-0.05, 0) is 6.42 Å². The van der Waals surface area contributed by atoms with E-state index in [1.54, 1.807) is 6.20 Å². The Morgan fingerprint density at radius 3 is 3.36 bits per heavy atom. The Morgan fingerprint density at radius 1 is 1.82 bits per heavy atom. The van der Waals surface area contributed by atoms with Crippen molar-refractivity contribution in [3.8, 4) is 0 Å². The van der Waals surface area contributed by atoms with E-state index in [2.05, 4.69) is 9.55 Å². The molecule has 1 atom stereocenters. The Kier molecular flexibility index (Phi) is 1.42. The summed E-state index contributed by atoms with van der Waals surface area (Å²) >= 11 is 4.92. The smallest absolute Gasteiger partial charge is 0.118 e. The van der Waals surface area contributed by atoms with Crippen LogP contribution in [-0.4, -0.2) is 14.5 Å². The minimum absolute atomic E-state index is 0.208. The number of aromatic nitrogens is 2. The highest BCUT2D eigenvalue weighted by molar-refractivity contribution is 7.80. The first-order chi connectivity index (χ1) is 5.29. The van der Waals surface area contributed by atoms with Gasteiger partial charge < -0.3 is 10.3 Å². The van der Waals surface area contributed by atoms with Gasteiger partial charge in [0.15, 0.2) is 0 Å². The molecule has 11 heavy (non-hydrogen) atoms. The molecule has 0 unspecified atom stereocenters. The minimum Gasteiger partial charge on any atom is -0.393 e. The third kappa shape index (κ3) is 0.939. The van der Waals surface area contributed by atoms with Crippen LogP contribution in [0.1, 0.15) is 18.2 Å². The van der Waals surface area contributed by atoms with Crippen LogP contribution in [0.25, 0.3) is 0 Å². The van der Waals surface area contributed by atoms with E-state index in [-0.39, 0.29) is 5.92 Å². The topological polar surface area (TPSA) is 43.8 Å². The van der Waals surface area contributed by atoms with E-state index in [9.17, 15) is 0 Å². The summed E-state index contributed by atoms with van der Waals surface area (Å²) in [7, 11) is 0. The molecule has 0 bridgehead atoms. The SMILES string of the molecule is NC(=S)[C@H]1CCn2ccnc21. The first-order valence-corrected chi connectivity index (χ1v) is 4.00. The van der Waals surface area contributed by atoms with Gasteiger partial charge in [0.1, 0.15) is 5.82 Å². The van der Waals surface area contributed by atoms with Gasteiger partial charge in [0.2, 0.25) is 0 Å².